The van der Waals surface area contributed by atoms with E-state index in [1.54, 1.807) is 0 Å². The summed E-state index contributed by atoms with van der Waals surface area (Å²) in [6, 6.07) is 1.28. The van der Waals surface area contributed by atoms with Gasteiger partial charge in [0.25, 0.3) is 0 Å². The van der Waals surface area contributed by atoms with E-state index in [-0.39, 0.29) is 12.7 Å². The van der Waals surface area contributed by atoms with Crippen LogP contribution < -0.4 is 11.2 Å². The second-order valence-corrected chi connectivity index (χ2v) is 16.4. The number of aromatic amines is 1. The van der Waals surface area contributed by atoms with E-state index in [0.717, 1.165) is 34.6 Å². The summed E-state index contributed by atoms with van der Waals surface area (Å²) >= 11 is -3.28. The molecule has 4 atom stereocenters. The third-order valence-corrected chi connectivity index (χ3v) is 15.5. The van der Waals surface area contributed by atoms with Crippen LogP contribution in [0.5, 0.6) is 0 Å². The zero-order chi connectivity index (χ0) is 18.7. The van der Waals surface area contributed by atoms with Crippen molar-refractivity contribution in [1.29, 1.82) is 0 Å². The number of unbranched alkanes of at least 4 members (excludes halogenated alkanes) is 2. The van der Waals surface area contributed by atoms with Crippen LogP contribution in [0.25, 0.3) is 0 Å². The van der Waals surface area contributed by atoms with Crippen LogP contribution in [0.1, 0.15) is 45.8 Å². The van der Waals surface area contributed by atoms with Gasteiger partial charge in [-0.15, -0.1) is 0 Å². The van der Waals surface area contributed by atoms with Gasteiger partial charge in [0.15, 0.2) is 0 Å². The molecule has 0 saturated carbocycles. The molecule has 2 saturated heterocycles. The van der Waals surface area contributed by atoms with Gasteiger partial charge in [-0.3, -0.25) is 0 Å². The molecule has 146 valence electrons. The van der Waals surface area contributed by atoms with E-state index in [1.807, 2.05) is 0 Å². The van der Waals surface area contributed by atoms with E-state index < -0.39 is 48.9 Å². The predicted molar refractivity (Wildman–Crippen MR) is 97.2 cm³/mol. The van der Waals surface area contributed by atoms with Gasteiger partial charge in [-0.05, 0) is 0 Å². The van der Waals surface area contributed by atoms with E-state index >= 15 is 0 Å². The van der Waals surface area contributed by atoms with Crippen LogP contribution in [0, 0.1) is 0 Å². The molecule has 0 amide bonds. The summed E-state index contributed by atoms with van der Waals surface area (Å²) in [5, 5.41) is 9.73. The normalized spacial score (nSPS) is 29.8. The van der Waals surface area contributed by atoms with Gasteiger partial charge >= 0.3 is 157 Å². The second-order valence-electron chi connectivity index (χ2n) is 7.05. The molecule has 3 heterocycles. The van der Waals surface area contributed by atoms with Crippen molar-refractivity contribution < 1.29 is 16.0 Å². The predicted octanol–water partition coefficient (Wildman–Crippen LogP) is 1.25. The Morgan fingerprint density at radius 2 is 1.81 bits per heavy atom. The molecule has 0 radical (unpaired) electrons. The van der Waals surface area contributed by atoms with Crippen molar-refractivity contribution in [3.8, 4) is 0 Å². The van der Waals surface area contributed by atoms with Crippen molar-refractivity contribution in [2.24, 2.45) is 0 Å². The quantitative estimate of drug-likeness (QED) is 0.549. The number of aliphatic hydroxyl groups is 1. The van der Waals surface area contributed by atoms with E-state index in [0.29, 0.717) is 0 Å². The van der Waals surface area contributed by atoms with Gasteiger partial charge in [-0.2, -0.15) is 0 Å². The number of hydrogen-bond donors (Lipinski definition) is 2. The van der Waals surface area contributed by atoms with Crippen molar-refractivity contribution in [3.63, 3.8) is 0 Å². The number of rotatable bonds is 8. The summed E-state index contributed by atoms with van der Waals surface area (Å²) in [6.45, 7) is 4.11. The first-order chi connectivity index (χ1) is 12.5. The Bertz CT molecular complexity index is 712. The molecule has 0 aliphatic carbocycles. The molecule has 0 unspecified atom stereocenters. The molecule has 1 aromatic rings. The number of aliphatic hydroxyl groups excluding tert-OH is 1. The fourth-order valence-corrected chi connectivity index (χ4v) is 15.4. The Balaban J connectivity index is 1.89. The Morgan fingerprint density at radius 1 is 1.15 bits per heavy atom. The van der Waals surface area contributed by atoms with Gasteiger partial charge in [-0.1, -0.05) is 0 Å². The number of hydrogen-bond acceptors (Lipinski definition) is 6. The summed E-state index contributed by atoms with van der Waals surface area (Å²) in [5.74, 6) is 0. The molecular formula is C17H28N2O6Sn. The Labute approximate surface area is 157 Å². The SMILES string of the molecule is CCC[CH2][Sn]1([CH2]CCC)[O][C@@H]2[C@H]([O]1)[C@@H](CO)O[C@H]2n1ccc(=O)[nH]c1=O. The molecule has 0 aromatic carbocycles. The van der Waals surface area contributed by atoms with Crippen LogP contribution in [0.4, 0.5) is 0 Å². The zero-order valence-corrected chi connectivity index (χ0v) is 18.2. The van der Waals surface area contributed by atoms with Crippen LogP contribution in [-0.4, -0.2) is 58.8 Å². The monoisotopic (exact) mass is 476 g/mol. The number of aromatic nitrogens is 2. The summed E-state index contributed by atoms with van der Waals surface area (Å²) in [4.78, 5) is 25.8. The summed E-state index contributed by atoms with van der Waals surface area (Å²) in [5.41, 5.74) is -0.999. The third kappa shape index (κ3) is 3.94. The Hall–Kier alpha value is -0.681. The first-order valence-electron chi connectivity index (χ1n) is 9.47. The van der Waals surface area contributed by atoms with Crippen LogP contribution >= 0.6 is 0 Å². The number of ether oxygens (including phenoxy) is 1. The third-order valence-electron chi connectivity index (χ3n) is 5.11. The van der Waals surface area contributed by atoms with Gasteiger partial charge in [-0.25, -0.2) is 0 Å². The fourth-order valence-electron chi connectivity index (χ4n) is 3.75. The standard InChI is InChI=1S/C9H10N2O6.2C4H9.Sn/c12-3-4-6(14)7(15)8(17-4)11-2-1-5(13)10-9(11)16;2*1-3-4-2;/h1-2,4,6-8,12H,3H2,(H,10,13,16);2*1,3-4H2,2H3;/q-2;;;+2/t4-,6-,7-,8-;;;/m1.../s1. The summed E-state index contributed by atoms with van der Waals surface area (Å²) in [7, 11) is 0. The topological polar surface area (TPSA) is 103 Å². The number of nitrogens with one attached hydrogen (secondary N) is 1. The van der Waals surface area contributed by atoms with Crippen LogP contribution in [0.2, 0.25) is 8.87 Å². The van der Waals surface area contributed by atoms with Gasteiger partial charge < -0.3 is 0 Å². The molecule has 2 aliphatic rings. The number of H-pyrrole nitrogens is 1. The number of nitrogens with zero attached hydrogens (tertiary/aromatic N) is 1. The molecule has 1 aromatic heterocycles. The Kier molecular flexibility index (Phi) is 6.60. The molecule has 26 heavy (non-hydrogen) atoms. The van der Waals surface area contributed by atoms with Crippen molar-refractivity contribution >= 4 is 19.2 Å². The first-order valence-corrected chi connectivity index (χ1v) is 15.8. The molecule has 8 nitrogen and oxygen atoms in total. The average Bonchev–Trinajstić information content (AvgIpc) is 3.14. The molecular weight excluding hydrogens is 447 g/mol. The Morgan fingerprint density at radius 3 is 2.38 bits per heavy atom. The molecule has 0 spiro atoms. The molecule has 0 bridgehead atoms. The van der Waals surface area contributed by atoms with Crippen LogP contribution in [-0.2, 0) is 10.9 Å². The summed E-state index contributed by atoms with van der Waals surface area (Å²) < 4.78 is 22.2. The van der Waals surface area contributed by atoms with Crippen molar-refractivity contribution in [2.45, 2.75) is 72.9 Å². The first kappa shape index (κ1) is 20.1. The maximum atomic E-state index is 12.2. The van der Waals surface area contributed by atoms with Crippen LogP contribution in [0.15, 0.2) is 21.9 Å². The summed E-state index contributed by atoms with van der Waals surface area (Å²) in [6.07, 6.45) is 3.72. The van der Waals surface area contributed by atoms with Gasteiger partial charge in [0.05, 0.1) is 0 Å². The molecule has 9 heteroatoms. The average molecular weight is 475 g/mol. The van der Waals surface area contributed by atoms with Crippen molar-refractivity contribution in [2.75, 3.05) is 6.61 Å². The zero-order valence-electron chi connectivity index (χ0n) is 15.3. The molecule has 3 rings (SSSR count). The van der Waals surface area contributed by atoms with E-state index in [1.165, 1.54) is 16.8 Å². The molecule has 2 fully saturated rings. The van der Waals surface area contributed by atoms with Crippen molar-refractivity contribution in [1.82, 2.24) is 9.55 Å². The minimum atomic E-state index is -3.28. The van der Waals surface area contributed by atoms with Gasteiger partial charge in [0.2, 0.25) is 0 Å². The van der Waals surface area contributed by atoms with Crippen LogP contribution in [0.3, 0.4) is 0 Å². The minimum absolute atomic E-state index is 0.192. The molecule has 2 N–H and O–H groups in total. The number of fused-ring (bicyclic) bond motifs is 1. The second kappa shape index (κ2) is 8.55. The van der Waals surface area contributed by atoms with Gasteiger partial charge in [0.1, 0.15) is 0 Å². The van der Waals surface area contributed by atoms with E-state index in [9.17, 15) is 14.7 Å². The molecule has 2 aliphatic heterocycles. The van der Waals surface area contributed by atoms with Gasteiger partial charge in [0, 0.05) is 0 Å². The van der Waals surface area contributed by atoms with Crippen molar-refractivity contribution in [3.05, 3.63) is 33.1 Å². The fraction of sp³-hybridized carbons (Fsp3) is 0.765. The van der Waals surface area contributed by atoms with E-state index in [4.69, 9.17) is 10.9 Å². The maximum absolute atomic E-state index is 12.2. The van der Waals surface area contributed by atoms with E-state index in [2.05, 4.69) is 18.8 Å².